The van der Waals surface area contributed by atoms with E-state index in [0.29, 0.717) is 41.3 Å². The maximum Gasteiger partial charge on any atom is 0.223 e. The Morgan fingerprint density at radius 3 is 2.54 bits per heavy atom. The normalized spacial score (nSPS) is 15.9. The molecule has 0 unspecified atom stereocenters. The van der Waals surface area contributed by atoms with Crippen LogP contribution in [0.2, 0.25) is 0 Å². The van der Waals surface area contributed by atoms with Crippen LogP contribution in [0.5, 0.6) is 11.5 Å². The van der Waals surface area contributed by atoms with Gasteiger partial charge < -0.3 is 19.7 Å². The molecule has 35 heavy (non-hydrogen) atoms. The van der Waals surface area contributed by atoms with Gasteiger partial charge in [-0.3, -0.25) is 9.59 Å². The predicted octanol–water partition coefficient (Wildman–Crippen LogP) is 5.16. The molecule has 7 nitrogen and oxygen atoms in total. The van der Waals surface area contributed by atoms with Crippen LogP contribution in [0.25, 0.3) is 0 Å². The van der Waals surface area contributed by atoms with E-state index < -0.39 is 0 Å². The molecule has 3 aromatic rings. The molecule has 0 bridgehead atoms. The van der Waals surface area contributed by atoms with Crippen molar-refractivity contribution in [3.8, 4) is 11.5 Å². The molecule has 2 aromatic carbocycles. The van der Waals surface area contributed by atoms with E-state index in [1.807, 2.05) is 6.07 Å². The Morgan fingerprint density at radius 2 is 1.83 bits per heavy atom. The van der Waals surface area contributed by atoms with Gasteiger partial charge in [-0.25, -0.2) is 4.98 Å². The van der Waals surface area contributed by atoms with Gasteiger partial charge in [0.25, 0.3) is 0 Å². The summed E-state index contributed by atoms with van der Waals surface area (Å²) in [7, 11) is 0. The van der Waals surface area contributed by atoms with Crippen molar-refractivity contribution in [3.63, 3.8) is 0 Å². The number of amides is 1. The first-order valence-corrected chi connectivity index (χ1v) is 12.7. The molecule has 1 atom stereocenters. The third kappa shape index (κ3) is 5.03. The standard InChI is InChI=1S/C27H29N3O4S/c1-16(12-23(32)26-17(2)28-27(35-26)29-18(3)31)19-4-6-20(7-5-19)21-14-30(15-21)22-8-9-24-25(13-22)34-11-10-33-24/h4-9,13,16,21H,10-12,14-15H2,1-3H3,(H,28,29,31)/t16-/m1/s1. The first kappa shape index (κ1) is 23.4. The van der Waals surface area contributed by atoms with E-state index in [1.54, 1.807) is 6.92 Å². The van der Waals surface area contributed by atoms with Crippen molar-refractivity contribution in [1.29, 1.82) is 0 Å². The molecule has 1 fully saturated rings. The van der Waals surface area contributed by atoms with Crippen molar-refractivity contribution in [2.45, 2.75) is 39.0 Å². The van der Waals surface area contributed by atoms with Gasteiger partial charge in [-0.15, -0.1) is 0 Å². The second-order valence-electron chi connectivity index (χ2n) is 9.24. The van der Waals surface area contributed by atoms with E-state index in [-0.39, 0.29) is 17.6 Å². The summed E-state index contributed by atoms with van der Waals surface area (Å²) >= 11 is 1.24. The van der Waals surface area contributed by atoms with Crippen LogP contribution in [-0.4, -0.2) is 43.0 Å². The van der Waals surface area contributed by atoms with E-state index in [9.17, 15) is 9.59 Å². The number of fused-ring (bicyclic) bond motifs is 1. The lowest BCUT2D eigenvalue weighted by Crippen LogP contribution is -2.45. The molecule has 8 heteroatoms. The third-order valence-corrected chi connectivity index (χ3v) is 7.69. The molecule has 2 aliphatic rings. The van der Waals surface area contributed by atoms with Gasteiger partial charge in [0.15, 0.2) is 22.4 Å². The summed E-state index contributed by atoms with van der Waals surface area (Å²) in [5.74, 6) is 2.09. The van der Waals surface area contributed by atoms with E-state index in [4.69, 9.17) is 9.47 Å². The molecule has 2 aliphatic heterocycles. The zero-order valence-electron chi connectivity index (χ0n) is 20.2. The van der Waals surface area contributed by atoms with Gasteiger partial charge in [0.05, 0.1) is 10.6 Å². The highest BCUT2D eigenvalue weighted by molar-refractivity contribution is 7.17. The minimum Gasteiger partial charge on any atom is -0.486 e. The molecule has 3 heterocycles. The van der Waals surface area contributed by atoms with Crippen LogP contribution >= 0.6 is 11.3 Å². The summed E-state index contributed by atoms with van der Waals surface area (Å²) in [4.78, 5) is 31.4. The summed E-state index contributed by atoms with van der Waals surface area (Å²) in [6, 6.07) is 14.8. The Balaban J connectivity index is 1.17. The molecule has 0 radical (unpaired) electrons. The molecular weight excluding hydrogens is 462 g/mol. The summed E-state index contributed by atoms with van der Waals surface area (Å²) in [6.07, 6.45) is 0.406. The number of rotatable bonds is 7. The second kappa shape index (κ2) is 9.70. The van der Waals surface area contributed by atoms with E-state index >= 15 is 0 Å². The molecular formula is C27H29N3O4S. The molecule has 182 valence electrons. The average Bonchev–Trinajstić information content (AvgIpc) is 3.17. The third-order valence-electron chi connectivity index (χ3n) is 6.57. The van der Waals surface area contributed by atoms with Gasteiger partial charge in [0.2, 0.25) is 5.91 Å². The van der Waals surface area contributed by atoms with Crippen LogP contribution in [0, 0.1) is 6.92 Å². The van der Waals surface area contributed by atoms with Crippen LogP contribution in [0.1, 0.15) is 58.6 Å². The number of Topliss-reactive ketones (excluding diaryl/α,β-unsaturated/α-hetero) is 1. The van der Waals surface area contributed by atoms with Crippen molar-refractivity contribution >= 4 is 33.8 Å². The van der Waals surface area contributed by atoms with Gasteiger partial charge in [-0.05, 0) is 36.1 Å². The fourth-order valence-electron chi connectivity index (χ4n) is 4.57. The number of aromatic nitrogens is 1. The fraction of sp³-hybridized carbons (Fsp3) is 0.370. The maximum absolute atomic E-state index is 12.9. The summed E-state index contributed by atoms with van der Waals surface area (Å²) in [6.45, 7) is 8.45. The Labute approximate surface area is 209 Å². The summed E-state index contributed by atoms with van der Waals surface area (Å²) < 4.78 is 11.3. The SMILES string of the molecule is CC(=O)Nc1nc(C)c(C(=O)C[C@@H](C)c2ccc(C3CN(c4ccc5c(c4)OCCO5)C3)cc2)s1. The monoisotopic (exact) mass is 491 g/mol. The average molecular weight is 492 g/mol. The molecule has 1 amide bonds. The van der Waals surface area contributed by atoms with Gasteiger partial charge in [-0.2, -0.15) is 0 Å². The lowest BCUT2D eigenvalue weighted by atomic mass is 9.88. The number of benzene rings is 2. The lowest BCUT2D eigenvalue weighted by Gasteiger charge is -2.41. The number of carbonyl (C=O) groups excluding carboxylic acids is 2. The number of ketones is 1. The van der Waals surface area contributed by atoms with Crippen LogP contribution in [0.4, 0.5) is 10.8 Å². The van der Waals surface area contributed by atoms with Crippen molar-refractivity contribution < 1.29 is 19.1 Å². The number of ether oxygens (including phenoxy) is 2. The van der Waals surface area contributed by atoms with Gasteiger partial charge in [-0.1, -0.05) is 42.5 Å². The number of carbonyl (C=O) groups is 2. The Morgan fingerprint density at radius 1 is 1.11 bits per heavy atom. The fourth-order valence-corrected chi connectivity index (χ4v) is 5.53. The number of nitrogens with zero attached hydrogens (tertiary/aromatic N) is 2. The molecule has 1 saturated heterocycles. The molecule has 0 spiro atoms. The highest BCUT2D eigenvalue weighted by Gasteiger charge is 2.29. The molecule has 0 aliphatic carbocycles. The smallest absolute Gasteiger partial charge is 0.223 e. The minimum atomic E-state index is -0.188. The highest BCUT2D eigenvalue weighted by atomic mass is 32.1. The van der Waals surface area contributed by atoms with E-state index in [2.05, 4.69) is 58.5 Å². The second-order valence-corrected chi connectivity index (χ2v) is 10.2. The number of anilines is 2. The number of aryl methyl sites for hydroxylation is 1. The summed E-state index contributed by atoms with van der Waals surface area (Å²) in [5.41, 5.74) is 4.29. The number of thiazole rings is 1. The van der Waals surface area contributed by atoms with E-state index in [1.165, 1.54) is 23.8 Å². The van der Waals surface area contributed by atoms with Crippen LogP contribution in [0.3, 0.4) is 0 Å². The predicted molar refractivity (Wildman–Crippen MR) is 137 cm³/mol. The number of hydrogen-bond acceptors (Lipinski definition) is 7. The number of hydrogen-bond donors (Lipinski definition) is 1. The minimum absolute atomic E-state index is 0.0576. The van der Waals surface area contributed by atoms with Crippen molar-refractivity contribution in [2.24, 2.45) is 0 Å². The van der Waals surface area contributed by atoms with Crippen LogP contribution in [0.15, 0.2) is 42.5 Å². The van der Waals surface area contributed by atoms with Gasteiger partial charge in [0, 0.05) is 44.1 Å². The quantitative estimate of drug-likeness (QED) is 0.460. The molecule has 1 aromatic heterocycles. The van der Waals surface area contributed by atoms with Gasteiger partial charge >= 0.3 is 0 Å². The topological polar surface area (TPSA) is 80.8 Å². The molecule has 1 N–H and O–H groups in total. The van der Waals surface area contributed by atoms with Crippen LogP contribution < -0.4 is 19.7 Å². The van der Waals surface area contributed by atoms with Crippen molar-refractivity contribution in [2.75, 3.05) is 36.5 Å². The largest absolute Gasteiger partial charge is 0.486 e. The first-order valence-electron chi connectivity index (χ1n) is 11.9. The van der Waals surface area contributed by atoms with Crippen LogP contribution in [-0.2, 0) is 4.79 Å². The zero-order chi connectivity index (χ0) is 24.5. The lowest BCUT2D eigenvalue weighted by molar-refractivity contribution is -0.114. The Hall–Kier alpha value is -3.39. The highest BCUT2D eigenvalue weighted by Crippen LogP contribution is 2.38. The zero-order valence-corrected chi connectivity index (χ0v) is 21.0. The maximum atomic E-state index is 12.9. The molecule has 5 rings (SSSR count). The summed E-state index contributed by atoms with van der Waals surface area (Å²) in [5, 5.41) is 3.13. The van der Waals surface area contributed by atoms with Crippen molar-refractivity contribution in [3.05, 3.63) is 64.2 Å². The number of nitrogens with one attached hydrogen (secondary N) is 1. The Bertz CT molecular complexity index is 1250. The van der Waals surface area contributed by atoms with Gasteiger partial charge in [0.1, 0.15) is 13.2 Å². The van der Waals surface area contributed by atoms with Crippen molar-refractivity contribution in [1.82, 2.24) is 4.98 Å². The first-order chi connectivity index (χ1) is 16.9. The van der Waals surface area contributed by atoms with E-state index in [0.717, 1.165) is 35.8 Å². The Kier molecular flexibility index (Phi) is 6.47. The molecule has 0 saturated carbocycles.